The Morgan fingerprint density at radius 1 is 1.36 bits per heavy atom. The van der Waals surface area contributed by atoms with Gasteiger partial charge in [0, 0.05) is 29.1 Å². The fourth-order valence-corrected chi connectivity index (χ4v) is 2.29. The molecule has 2 aromatic rings. The molecule has 2 rings (SSSR count). The first-order valence-electron chi connectivity index (χ1n) is 6.74. The van der Waals surface area contributed by atoms with Crippen LogP contribution in [0.25, 0.3) is 6.08 Å². The molecule has 1 heterocycles. The molecule has 4 nitrogen and oxygen atoms in total. The SMILES string of the molecule is Cc1cc(C=C(C#N)C(=O)Nc2cccc(Cl)c2)c(C)n1C. The van der Waals surface area contributed by atoms with E-state index in [-0.39, 0.29) is 5.57 Å². The maximum absolute atomic E-state index is 12.2. The van der Waals surface area contributed by atoms with Crippen molar-refractivity contribution in [3.63, 3.8) is 0 Å². The van der Waals surface area contributed by atoms with Gasteiger partial charge in [-0.1, -0.05) is 17.7 Å². The topological polar surface area (TPSA) is 57.8 Å². The van der Waals surface area contributed by atoms with Gasteiger partial charge in [-0.15, -0.1) is 0 Å². The van der Waals surface area contributed by atoms with Crippen LogP contribution in [0.3, 0.4) is 0 Å². The van der Waals surface area contributed by atoms with Gasteiger partial charge < -0.3 is 9.88 Å². The van der Waals surface area contributed by atoms with Crippen LogP contribution in [-0.2, 0) is 11.8 Å². The molecule has 0 bridgehead atoms. The van der Waals surface area contributed by atoms with Crippen molar-refractivity contribution < 1.29 is 4.79 Å². The van der Waals surface area contributed by atoms with Gasteiger partial charge in [-0.3, -0.25) is 4.79 Å². The summed E-state index contributed by atoms with van der Waals surface area (Å²) in [6.45, 7) is 3.92. The highest BCUT2D eigenvalue weighted by molar-refractivity contribution is 6.31. The van der Waals surface area contributed by atoms with Crippen LogP contribution in [0, 0.1) is 25.2 Å². The summed E-state index contributed by atoms with van der Waals surface area (Å²) in [5.41, 5.74) is 3.53. The fraction of sp³-hybridized carbons (Fsp3) is 0.176. The van der Waals surface area contributed by atoms with Gasteiger partial charge in [0.05, 0.1) is 0 Å². The lowest BCUT2D eigenvalue weighted by Crippen LogP contribution is -2.13. The molecule has 1 N–H and O–H groups in total. The summed E-state index contributed by atoms with van der Waals surface area (Å²) in [4.78, 5) is 12.2. The minimum atomic E-state index is -0.453. The first-order valence-corrected chi connectivity index (χ1v) is 7.12. The summed E-state index contributed by atoms with van der Waals surface area (Å²) in [6.07, 6.45) is 1.60. The zero-order chi connectivity index (χ0) is 16.3. The number of aromatic nitrogens is 1. The number of aryl methyl sites for hydroxylation is 1. The number of nitrogens with one attached hydrogen (secondary N) is 1. The van der Waals surface area contributed by atoms with Crippen molar-refractivity contribution in [2.24, 2.45) is 7.05 Å². The standard InChI is InChI=1S/C17H16ClN3O/c1-11-7-13(12(2)21(11)3)8-14(10-19)17(22)20-16-6-4-5-15(18)9-16/h4-9H,1-3H3,(H,20,22). The summed E-state index contributed by atoms with van der Waals surface area (Å²) in [5, 5.41) is 12.4. The summed E-state index contributed by atoms with van der Waals surface area (Å²) < 4.78 is 2.01. The summed E-state index contributed by atoms with van der Waals surface area (Å²) in [6, 6.07) is 10.7. The molecule has 1 aromatic carbocycles. The normalized spacial score (nSPS) is 11.1. The van der Waals surface area contributed by atoms with Crippen LogP contribution in [0.1, 0.15) is 17.0 Å². The van der Waals surface area contributed by atoms with Gasteiger partial charge in [-0.2, -0.15) is 5.26 Å². The Balaban J connectivity index is 2.28. The van der Waals surface area contributed by atoms with Crippen LogP contribution < -0.4 is 5.32 Å². The number of benzene rings is 1. The predicted octanol–water partition coefficient (Wildman–Crippen LogP) is 3.84. The van der Waals surface area contributed by atoms with Crippen molar-refractivity contribution in [2.45, 2.75) is 13.8 Å². The Kier molecular flexibility index (Phi) is 4.69. The van der Waals surface area contributed by atoms with E-state index in [0.717, 1.165) is 17.0 Å². The van der Waals surface area contributed by atoms with Gasteiger partial charge in [0.15, 0.2) is 0 Å². The highest BCUT2D eigenvalue weighted by Gasteiger charge is 2.12. The minimum absolute atomic E-state index is 0.0497. The molecular weight excluding hydrogens is 298 g/mol. The third kappa shape index (κ3) is 3.38. The van der Waals surface area contributed by atoms with Crippen LogP contribution >= 0.6 is 11.6 Å². The molecule has 0 aliphatic heterocycles. The van der Waals surface area contributed by atoms with Crippen molar-refractivity contribution >= 4 is 29.3 Å². The number of halogens is 1. The van der Waals surface area contributed by atoms with E-state index in [0.29, 0.717) is 10.7 Å². The van der Waals surface area contributed by atoms with Gasteiger partial charge in [0.2, 0.25) is 0 Å². The van der Waals surface area contributed by atoms with E-state index in [1.54, 1.807) is 30.3 Å². The smallest absolute Gasteiger partial charge is 0.266 e. The Morgan fingerprint density at radius 3 is 2.64 bits per heavy atom. The predicted molar refractivity (Wildman–Crippen MR) is 88.6 cm³/mol. The molecule has 0 saturated heterocycles. The second-order valence-corrected chi connectivity index (χ2v) is 5.46. The molecule has 112 valence electrons. The van der Waals surface area contributed by atoms with Gasteiger partial charge in [-0.05, 0) is 49.8 Å². The molecule has 0 atom stereocenters. The molecule has 1 aromatic heterocycles. The van der Waals surface area contributed by atoms with Crippen molar-refractivity contribution in [3.8, 4) is 6.07 Å². The van der Waals surface area contributed by atoms with Crippen LogP contribution in [-0.4, -0.2) is 10.5 Å². The average molecular weight is 314 g/mol. The van der Waals surface area contributed by atoms with E-state index in [2.05, 4.69) is 5.32 Å². The van der Waals surface area contributed by atoms with E-state index in [1.165, 1.54) is 0 Å². The first kappa shape index (κ1) is 15.9. The molecule has 0 radical (unpaired) electrons. The van der Waals surface area contributed by atoms with E-state index in [4.69, 9.17) is 11.6 Å². The fourth-order valence-electron chi connectivity index (χ4n) is 2.10. The summed E-state index contributed by atoms with van der Waals surface area (Å²) in [7, 11) is 1.94. The lowest BCUT2D eigenvalue weighted by atomic mass is 10.1. The minimum Gasteiger partial charge on any atom is -0.352 e. The number of amides is 1. The molecule has 1 amide bonds. The molecule has 0 unspecified atom stereocenters. The molecule has 0 fully saturated rings. The second-order valence-electron chi connectivity index (χ2n) is 5.02. The van der Waals surface area contributed by atoms with Crippen LogP contribution in [0.15, 0.2) is 35.9 Å². The molecule has 0 aliphatic carbocycles. The number of nitriles is 1. The Bertz CT molecular complexity index is 797. The number of hydrogen-bond donors (Lipinski definition) is 1. The quantitative estimate of drug-likeness (QED) is 0.691. The van der Waals surface area contributed by atoms with Crippen molar-refractivity contribution in [3.05, 3.63) is 57.9 Å². The Labute approximate surface area is 134 Å². The van der Waals surface area contributed by atoms with Crippen molar-refractivity contribution in [1.82, 2.24) is 4.57 Å². The molecule has 0 aliphatic rings. The highest BCUT2D eigenvalue weighted by atomic mass is 35.5. The second kappa shape index (κ2) is 6.50. The van der Waals surface area contributed by atoms with Gasteiger partial charge in [0.1, 0.15) is 11.6 Å². The third-order valence-corrected chi connectivity index (χ3v) is 3.80. The lowest BCUT2D eigenvalue weighted by molar-refractivity contribution is -0.112. The highest BCUT2D eigenvalue weighted by Crippen LogP contribution is 2.19. The molecular formula is C17H16ClN3O. The largest absolute Gasteiger partial charge is 0.352 e. The van der Waals surface area contributed by atoms with Gasteiger partial charge in [0.25, 0.3) is 5.91 Å². The molecule has 22 heavy (non-hydrogen) atoms. The van der Waals surface area contributed by atoms with E-state index < -0.39 is 5.91 Å². The number of rotatable bonds is 3. The lowest BCUT2D eigenvalue weighted by Gasteiger charge is -2.04. The molecule has 5 heteroatoms. The number of hydrogen-bond acceptors (Lipinski definition) is 2. The first-order chi connectivity index (χ1) is 10.4. The van der Waals surface area contributed by atoms with Crippen molar-refractivity contribution in [2.75, 3.05) is 5.32 Å². The number of carbonyl (C=O) groups is 1. The number of nitrogens with zero attached hydrogens (tertiary/aromatic N) is 2. The van der Waals surface area contributed by atoms with E-state index in [9.17, 15) is 10.1 Å². The number of carbonyl (C=O) groups excluding carboxylic acids is 1. The summed E-state index contributed by atoms with van der Waals surface area (Å²) in [5.74, 6) is -0.453. The van der Waals surface area contributed by atoms with Crippen LogP contribution in [0.2, 0.25) is 5.02 Å². The van der Waals surface area contributed by atoms with Gasteiger partial charge in [-0.25, -0.2) is 0 Å². The monoisotopic (exact) mass is 313 g/mol. The van der Waals surface area contributed by atoms with E-state index in [1.807, 2.05) is 37.6 Å². The summed E-state index contributed by atoms with van der Waals surface area (Å²) >= 11 is 5.88. The van der Waals surface area contributed by atoms with E-state index >= 15 is 0 Å². The molecule has 0 spiro atoms. The maximum atomic E-state index is 12.2. The van der Waals surface area contributed by atoms with Gasteiger partial charge >= 0.3 is 0 Å². The molecule has 0 saturated carbocycles. The Morgan fingerprint density at radius 2 is 2.09 bits per heavy atom. The van der Waals surface area contributed by atoms with Crippen molar-refractivity contribution in [1.29, 1.82) is 5.26 Å². The van der Waals surface area contributed by atoms with Crippen LogP contribution in [0.5, 0.6) is 0 Å². The Hall–Kier alpha value is -2.51. The maximum Gasteiger partial charge on any atom is 0.266 e. The average Bonchev–Trinajstić information content (AvgIpc) is 2.72. The van der Waals surface area contributed by atoms with Crippen LogP contribution in [0.4, 0.5) is 5.69 Å². The zero-order valence-electron chi connectivity index (χ0n) is 12.6. The third-order valence-electron chi connectivity index (χ3n) is 3.56. The number of anilines is 1. The zero-order valence-corrected chi connectivity index (χ0v) is 13.4.